The number of nitrogens with one attached hydrogen (secondary N) is 1. The van der Waals surface area contributed by atoms with E-state index in [0.29, 0.717) is 17.1 Å². The second-order valence-corrected chi connectivity index (χ2v) is 5.57. The van der Waals surface area contributed by atoms with Gasteiger partial charge in [-0.15, -0.1) is 0 Å². The highest BCUT2D eigenvalue weighted by Gasteiger charge is 2.26. The molecular weight excluding hydrogens is 268 g/mol. The fourth-order valence-corrected chi connectivity index (χ4v) is 2.99. The van der Waals surface area contributed by atoms with Crippen LogP contribution in [0.25, 0.3) is 0 Å². The summed E-state index contributed by atoms with van der Waals surface area (Å²) in [6.07, 6.45) is 3.16. The minimum Gasteiger partial charge on any atom is -0.454 e. The quantitative estimate of drug-likeness (QED) is 0.921. The Balaban J connectivity index is 1.79. The largest absolute Gasteiger partial charge is 0.454 e. The predicted octanol–water partition coefficient (Wildman–Crippen LogP) is 2.02. The van der Waals surface area contributed by atoms with Gasteiger partial charge in [0.15, 0.2) is 11.5 Å². The SMILES string of the molecule is CCCN(C(=O)c1ccc2c(c1)OCO2)C1CCCNC1. The van der Waals surface area contributed by atoms with Crippen molar-refractivity contribution in [3.8, 4) is 11.5 Å². The maximum atomic E-state index is 12.8. The molecule has 1 atom stereocenters. The zero-order valence-electron chi connectivity index (χ0n) is 12.4. The third-order valence-electron chi connectivity index (χ3n) is 4.06. The molecule has 114 valence electrons. The molecule has 2 aliphatic rings. The highest BCUT2D eigenvalue weighted by atomic mass is 16.7. The summed E-state index contributed by atoms with van der Waals surface area (Å²) < 4.78 is 10.7. The lowest BCUT2D eigenvalue weighted by molar-refractivity contribution is 0.0648. The molecule has 2 aliphatic heterocycles. The molecule has 1 saturated heterocycles. The van der Waals surface area contributed by atoms with Crippen molar-refractivity contribution < 1.29 is 14.3 Å². The number of nitrogens with zero attached hydrogens (tertiary/aromatic N) is 1. The third-order valence-corrected chi connectivity index (χ3v) is 4.06. The first-order chi connectivity index (χ1) is 10.3. The molecule has 5 nitrogen and oxygen atoms in total. The maximum absolute atomic E-state index is 12.8. The van der Waals surface area contributed by atoms with Gasteiger partial charge in [0, 0.05) is 24.7 Å². The topological polar surface area (TPSA) is 50.8 Å². The van der Waals surface area contributed by atoms with Gasteiger partial charge in [-0.2, -0.15) is 0 Å². The van der Waals surface area contributed by atoms with Crippen molar-refractivity contribution in [2.24, 2.45) is 0 Å². The first-order valence-corrected chi connectivity index (χ1v) is 7.71. The van der Waals surface area contributed by atoms with Crippen LogP contribution in [0.3, 0.4) is 0 Å². The molecule has 0 aliphatic carbocycles. The number of hydrogen-bond acceptors (Lipinski definition) is 4. The van der Waals surface area contributed by atoms with Gasteiger partial charge in [0.1, 0.15) is 0 Å². The van der Waals surface area contributed by atoms with Crippen molar-refractivity contribution in [2.45, 2.75) is 32.2 Å². The Bertz CT molecular complexity index is 512. The number of ether oxygens (including phenoxy) is 2. The van der Waals surface area contributed by atoms with Crippen LogP contribution < -0.4 is 14.8 Å². The zero-order chi connectivity index (χ0) is 14.7. The van der Waals surface area contributed by atoms with Crippen LogP contribution in [0, 0.1) is 0 Å². The number of carbonyl (C=O) groups excluding carboxylic acids is 1. The van der Waals surface area contributed by atoms with E-state index in [9.17, 15) is 4.79 Å². The van der Waals surface area contributed by atoms with Gasteiger partial charge in [-0.3, -0.25) is 4.79 Å². The summed E-state index contributed by atoms with van der Waals surface area (Å²) in [5.74, 6) is 1.47. The van der Waals surface area contributed by atoms with E-state index in [1.54, 1.807) is 6.07 Å². The lowest BCUT2D eigenvalue weighted by Crippen LogP contribution is -2.49. The average molecular weight is 290 g/mol. The van der Waals surface area contributed by atoms with Gasteiger partial charge in [0.2, 0.25) is 6.79 Å². The van der Waals surface area contributed by atoms with Gasteiger partial charge < -0.3 is 19.7 Å². The van der Waals surface area contributed by atoms with Crippen molar-refractivity contribution in [1.29, 1.82) is 0 Å². The number of carbonyl (C=O) groups is 1. The van der Waals surface area contributed by atoms with E-state index < -0.39 is 0 Å². The monoisotopic (exact) mass is 290 g/mol. The van der Waals surface area contributed by atoms with Gasteiger partial charge in [-0.25, -0.2) is 0 Å². The molecule has 0 bridgehead atoms. The molecule has 1 fully saturated rings. The number of benzene rings is 1. The normalized spacial score (nSPS) is 20.3. The summed E-state index contributed by atoms with van der Waals surface area (Å²) in [6.45, 7) is 5.07. The number of rotatable bonds is 4. The first-order valence-electron chi connectivity index (χ1n) is 7.71. The smallest absolute Gasteiger partial charge is 0.254 e. The van der Waals surface area contributed by atoms with E-state index in [1.165, 1.54) is 0 Å². The Labute approximate surface area is 125 Å². The summed E-state index contributed by atoms with van der Waals surface area (Å²) >= 11 is 0. The second-order valence-electron chi connectivity index (χ2n) is 5.57. The van der Waals surface area contributed by atoms with E-state index in [1.807, 2.05) is 17.0 Å². The van der Waals surface area contributed by atoms with Crippen LogP contribution >= 0.6 is 0 Å². The van der Waals surface area contributed by atoms with Crippen molar-refractivity contribution in [3.63, 3.8) is 0 Å². The van der Waals surface area contributed by atoms with Gasteiger partial charge in [0.25, 0.3) is 5.91 Å². The Morgan fingerprint density at radius 3 is 3.00 bits per heavy atom. The maximum Gasteiger partial charge on any atom is 0.254 e. The van der Waals surface area contributed by atoms with Crippen LogP contribution in [0.15, 0.2) is 18.2 Å². The van der Waals surface area contributed by atoms with Crippen LogP contribution in [0.5, 0.6) is 11.5 Å². The van der Waals surface area contributed by atoms with E-state index in [4.69, 9.17) is 9.47 Å². The molecule has 21 heavy (non-hydrogen) atoms. The Morgan fingerprint density at radius 1 is 1.38 bits per heavy atom. The minimum absolute atomic E-state index is 0.0869. The number of amides is 1. The standard InChI is InChI=1S/C16H22N2O3/c1-2-8-18(13-4-3-7-17-10-13)16(19)12-5-6-14-15(9-12)21-11-20-14/h5-6,9,13,17H,2-4,7-8,10-11H2,1H3. The summed E-state index contributed by atoms with van der Waals surface area (Å²) in [6, 6.07) is 5.73. The average Bonchev–Trinajstić information content (AvgIpc) is 3.00. The molecule has 2 heterocycles. The molecule has 0 aromatic heterocycles. The predicted molar refractivity (Wildman–Crippen MR) is 79.8 cm³/mol. The van der Waals surface area contributed by atoms with Crippen LogP contribution in [0.2, 0.25) is 0 Å². The summed E-state index contributed by atoms with van der Waals surface area (Å²) in [4.78, 5) is 14.8. The molecule has 1 aromatic rings. The number of hydrogen-bond donors (Lipinski definition) is 1. The van der Waals surface area contributed by atoms with Gasteiger partial charge in [-0.05, 0) is 44.0 Å². The highest BCUT2D eigenvalue weighted by molar-refractivity contribution is 5.95. The number of piperidine rings is 1. The van der Waals surface area contributed by atoms with E-state index in [2.05, 4.69) is 12.2 Å². The molecule has 0 saturated carbocycles. The molecule has 1 unspecified atom stereocenters. The molecule has 5 heteroatoms. The lowest BCUT2D eigenvalue weighted by atomic mass is 10.0. The zero-order valence-corrected chi connectivity index (χ0v) is 12.4. The first kappa shape index (κ1) is 14.2. The van der Waals surface area contributed by atoms with Crippen molar-refractivity contribution in [3.05, 3.63) is 23.8 Å². The van der Waals surface area contributed by atoms with E-state index in [0.717, 1.165) is 38.9 Å². The lowest BCUT2D eigenvalue weighted by Gasteiger charge is -2.34. The highest BCUT2D eigenvalue weighted by Crippen LogP contribution is 2.33. The fourth-order valence-electron chi connectivity index (χ4n) is 2.99. The van der Waals surface area contributed by atoms with Gasteiger partial charge in [0.05, 0.1) is 0 Å². The third kappa shape index (κ3) is 2.97. The summed E-state index contributed by atoms with van der Waals surface area (Å²) in [7, 11) is 0. The Kier molecular flexibility index (Phi) is 4.29. The van der Waals surface area contributed by atoms with Crippen molar-refractivity contribution >= 4 is 5.91 Å². The molecule has 1 amide bonds. The Hall–Kier alpha value is -1.75. The van der Waals surface area contributed by atoms with Crippen molar-refractivity contribution in [1.82, 2.24) is 10.2 Å². The van der Waals surface area contributed by atoms with Crippen LogP contribution in [-0.2, 0) is 0 Å². The molecule has 1 aromatic carbocycles. The van der Waals surface area contributed by atoms with Gasteiger partial charge >= 0.3 is 0 Å². The van der Waals surface area contributed by atoms with E-state index >= 15 is 0 Å². The van der Waals surface area contributed by atoms with Gasteiger partial charge in [-0.1, -0.05) is 6.92 Å². The van der Waals surface area contributed by atoms with Crippen LogP contribution in [0.4, 0.5) is 0 Å². The summed E-state index contributed by atoms with van der Waals surface area (Å²) in [5.41, 5.74) is 0.679. The molecule has 1 N–H and O–H groups in total. The minimum atomic E-state index is 0.0869. The fraction of sp³-hybridized carbons (Fsp3) is 0.562. The van der Waals surface area contributed by atoms with Crippen LogP contribution in [0.1, 0.15) is 36.5 Å². The second kappa shape index (κ2) is 6.35. The molecule has 0 radical (unpaired) electrons. The number of fused-ring (bicyclic) bond motifs is 1. The van der Waals surface area contributed by atoms with E-state index in [-0.39, 0.29) is 18.7 Å². The van der Waals surface area contributed by atoms with Crippen molar-refractivity contribution in [2.75, 3.05) is 26.4 Å². The Morgan fingerprint density at radius 2 is 2.24 bits per heavy atom. The molecule has 3 rings (SSSR count). The summed E-state index contributed by atoms with van der Waals surface area (Å²) in [5, 5.41) is 3.38. The molecule has 0 spiro atoms. The molecular formula is C16H22N2O3. The van der Waals surface area contributed by atoms with Crippen LogP contribution in [-0.4, -0.2) is 43.3 Å².